The number of nitrogen functional groups attached to an aromatic ring is 1. The first-order valence-corrected chi connectivity index (χ1v) is 5.92. The predicted molar refractivity (Wildman–Crippen MR) is 73.4 cm³/mol. The maximum absolute atomic E-state index is 12.2. The molecule has 0 bridgehead atoms. The number of methoxy groups -OCH3 is 1. The highest BCUT2D eigenvalue weighted by Gasteiger charge is 2.21. The van der Waals surface area contributed by atoms with Gasteiger partial charge in [-0.3, -0.25) is 13.9 Å². The van der Waals surface area contributed by atoms with E-state index in [-0.39, 0.29) is 16.8 Å². The van der Waals surface area contributed by atoms with Crippen LogP contribution in [0.2, 0.25) is 0 Å². The summed E-state index contributed by atoms with van der Waals surface area (Å²) in [7, 11) is 4.44. The van der Waals surface area contributed by atoms with Crippen molar-refractivity contribution in [2.45, 2.75) is 6.54 Å². The number of hydrogen-bond acceptors (Lipinski definition) is 5. The lowest BCUT2D eigenvalue weighted by molar-refractivity contribution is 0.188. The van der Waals surface area contributed by atoms with Gasteiger partial charge in [0, 0.05) is 27.7 Å². The van der Waals surface area contributed by atoms with Crippen LogP contribution in [0.25, 0.3) is 11.0 Å². The van der Waals surface area contributed by atoms with Gasteiger partial charge in [0.25, 0.3) is 5.56 Å². The first-order chi connectivity index (χ1) is 9.45. The summed E-state index contributed by atoms with van der Waals surface area (Å²) in [5.41, 5.74) is 5.36. The van der Waals surface area contributed by atoms with Crippen LogP contribution in [0.15, 0.2) is 9.59 Å². The van der Waals surface area contributed by atoms with Crippen molar-refractivity contribution in [1.29, 1.82) is 5.26 Å². The number of nitriles is 1. The number of ether oxygens (including phenoxy) is 1. The maximum Gasteiger partial charge on any atom is 0.332 e. The van der Waals surface area contributed by atoms with Gasteiger partial charge in [-0.15, -0.1) is 0 Å². The number of aromatic nitrogens is 3. The predicted octanol–water partition coefficient (Wildman–Crippen LogP) is -0.861. The van der Waals surface area contributed by atoms with Crippen molar-refractivity contribution in [3.63, 3.8) is 0 Å². The molecular weight excluding hydrogens is 262 g/mol. The van der Waals surface area contributed by atoms with Gasteiger partial charge in [0.1, 0.15) is 28.5 Å². The molecule has 0 unspecified atom stereocenters. The third kappa shape index (κ3) is 1.71. The number of anilines is 1. The number of aryl methyl sites for hydroxylation is 1. The summed E-state index contributed by atoms with van der Waals surface area (Å²) < 4.78 is 8.81. The minimum atomic E-state index is -0.525. The van der Waals surface area contributed by atoms with Crippen LogP contribution in [0.1, 0.15) is 5.56 Å². The van der Waals surface area contributed by atoms with Crippen molar-refractivity contribution in [3.8, 4) is 6.07 Å². The quantitative estimate of drug-likeness (QED) is 0.785. The van der Waals surface area contributed by atoms with E-state index < -0.39 is 11.2 Å². The Morgan fingerprint density at radius 2 is 1.95 bits per heavy atom. The van der Waals surface area contributed by atoms with Crippen molar-refractivity contribution in [1.82, 2.24) is 13.7 Å². The van der Waals surface area contributed by atoms with E-state index in [1.807, 2.05) is 6.07 Å². The Bertz CT molecular complexity index is 834. The lowest BCUT2D eigenvalue weighted by atomic mass is 10.2. The molecule has 106 valence electrons. The molecule has 0 aliphatic carbocycles. The van der Waals surface area contributed by atoms with E-state index in [0.717, 1.165) is 4.57 Å². The average Bonchev–Trinajstić information content (AvgIpc) is 2.72. The van der Waals surface area contributed by atoms with Crippen LogP contribution in [-0.4, -0.2) is 27.4 Å². The van der Waals surface area contributed by atoms with Gasteiger partial charge < -0.3 is 15.0 Å². The number of rotatable bonds is 3. The molecule has 0 saturated carbocycles. The highest BCUT2D eigenvalue weighted by Crippen LogP contribution is 2.23. The minimum absolute atomic E-state index is 0.0901. The second kappa shape index (κ2) is 4.86. The zero-order chi connectivity index (χ0) is 15.0. The van der Waals surface area contributed by atoms with Gasteiger partial charge in [-0.2, -0.15) is 5.26 Å². The van der Waals surface area contributed by atoms with Gasteiger partial charge in [0.15, 0.2) is 0 Å². The second-order valence-electron chi connectivity index (χ2n) is 4.42. The van der Waals surface area contributed by atoms with Crippen LogP contribution in [0.4, 0.5) is 5.82 Å². The molecule has 0 amide bonds. The van der Waals surface area contributed by atoms with Gasteiger partial charge in [-0.05, 0) is 0 Å². The van der Waals surface area contributed by atoms with Gasteiger partial charge in [0.05, 0.1) is 6.61 Å². The molecule has 2 heterocycles. The van der Waals surface area contributed by atoms with E-state index in [1.54, 1.807) is 4.57 Å². The Morgan fingerprint density at radius 1 is 1.30 bits per heavy atom. The molecule has 8 heteroatoms. The Hall–Kier alpha value is -2.53. The molecule has 0 aromatic carbocycles. The number of fused-ring (bicyclic) bond motifs is 1. The molecule has 0 fully saturated rings. The molecule has 2 rings (SSSR count). The SMILES string of the molecule is COCCn1c(N)c(C#N)c2c(=O)n(C)c(=O)n(C)c21. The highest BCUT2D eigenvalue weighted by atomic mass is 16.5. The monoisotopic (exact) mass is 277 g/mol. The van der Waals surface area contributed by atoms with E-state index in [4.69, 9.17) is 10.5 Å². The van der Waals surface area contributed by atoms with Crippen LogP contribution >= 0.6 is 0 Å². The van der Waals surface area contributed by atoms with Crippen LogP contribution in [0.3, 0.4) is 0 Å². The molecule has 0 spiro atoms. The number of nitrogens with two attached hydrogens (primary N) is 1. The van der Waals surface area contributed by atoms with Crippen molar-refractivity contribution in [2.24, 2.45) is 14.1 Å². The first-order valence-electron chi connectivity index (χ1n) is 5.92. The second-order valence-corrected chi connectivity index (χ2v) is 4.42. The standard InChI is InChI=1S/C12H15N5O3/c1-15-10-8(11(18)16(2)12(15)19)7(6-13)9(14)17(10)4-5-20-3/h4-5,14H2,1-3H3. The fourth-order valence-corrected chi connectivity index (χ4v) is 2.27. The molecule has 2 N–H and O–H groups in total. The molecule has 2 aromatic rings. The van der Waals surface area contributed by atoms with Gasteiger partial charge in [-0.1, -0.05) is 0 Å². The summed E-state index contributed by atoms with van der Waals surface area (Å²) in [5.74, 6) is 0.165. The van der Waals surface area contributed by atoms with Crippen molar-refractivity contribution < 1.29 is 4.74 Å². The normalized spacial score (nSPS) is 10.9. The van der Waals surface area contributed by atoms with E-state index in [1.165, 1.54) is 25.8 Å². The average molecular weight is 277 g/mol. The summed E-state index contributed by atoms with van der Waals surface area (Å²) in [5, 5.41) is 9.38. The Labute approximate surface area is 114 Å². The van der Waals surface area contributed by atoms with Crippen molar-refractivity contribution in [2.75, 3.05) is 19.5 Å². The number of nitrogens with zero attached hydrogens (tertiary/aromatic N) is 4. The molecule has 0 atom stereocenters. The highest BCUT2D eigenvalue weighted by molar-refractivity contribution is 5.89. The van der Waals surface area contributed by atoms with Gasteiger partial charge in [0.2, 0.25) is 0 Å². The van der Waals surface area contributed by atoms with Crippen molar-refractivity contribution >= 4 is 16.9 Å². The lowest BCUT2D eigenvalue weighted by Crippen LogP contribution is -2.37. The molecule has 0 saturated heterocycles. The third-order valence-corrected chi connectivity index (χ3v) is 3.32. The zero-order valence-corrected chi connectivity index (χ0v) is 11.5. The van der Waals surface area contributed by atoms with Crippen LogP contribution in [0, 0.1) is 11.3 Å². The number of hydrogen-bond donors (Lipinski definition) is 1. The van der Waals surface area contributed by atoms with Crippen LogP contribution < -0.4 is 17.0 Å². The van der Waals surface area contributed by atoms with Crippen LogP contribution in [-0.2, 0) is 25.4 Å². The molecule has 20 heavy (non-hydrogen) atoms. The topological polar surface area (TPSA) is 108 Å². The maximum atomic E-state index is 12.2. The summed E-state index contributed by atoms with van der Waals surface area (Å²) in [4.78, 5) is 24.2. The Kier molecular flexibility index (Phi) is 3.38. The van der Waals surface area contributed by atoms with Gasteiger partial charge >= 0.3 is 5.69 Å². The van der Waals surface area contributed by atoms with Crippen LogP contribution in [0.5, 0.6) is 0 Å². The fourth-order valence-electron chi connectivity index (χ4n) is 2.27. The molecule has 0 radical (unpaired) electrons. The lowest BCUT2D eigenvalue weighted by Gasteiger charge is -2.10. The first kappa shape index (κ1) is 13.9. The third-order valence-electron chi connectivity index (χ3n) is 3.32. The zero-order valence-electron chi connectivity index (χ0n) is 11.5. The summed E-state index contributed by atoms with van der Waals surface area (Å²) in [6.45, 7) is 0.698. The fraction of sp³-hybridized carbons (Fsp3) is 0.417. The molecule has 2 aromatic heterocycles. The van der Waals surface area contributed by atoms with E-state index >= 15 is 0 Å². The molecule has 8 nitrogen and oxygen atoms in total. The summed E-state index contributed by atoms with van der Waals surface area (Å²) >= 11 is 0. The smallest absolute Gasteiger partial charge is 0.332 e. The Morgan fingerprint density at radius 3 is 2.50 bits per heavy atom. The van der Waals surface area contributed by atoms with E-state index in [9.17, 15) is 14.9 Å². The Balaban J connectivity index is 3.03. The molecule has 0 aliphatic rings. The summed E-state index contributed by atoms with van der Waals surface area (Å²) in [6.07, 6.45) is 0. The largest absolute Gasteiger partial charge is 0.384 e. The molecule has 0 aliphatic heterocycles. The van der Waals surface area contributed by atoms with Crippen molar-refractivity contribution in [3.05, 3.63) is 26.4 Å². The molecular formula is C12H15N5O3. The summed E-state index contributed by atoms with van der Waals surface area (Å²) in [6, 6.07) is 1.93. The van der Waals surface area contributed by atoms with E-state index in [2.05, 4.69) is 0 Å². The van der Waals surface area contributed by atoms with E-state index in [0.29, 0.717) is 18.8 Å². The van der Waals surface area contributed by atoms with Gasteiger partial charge in [-0.25, -0.2) is 4.79 Å². The minimum Gasteiger partial charge on any atom is -0.384 e.